The summed E-state index contributed by atoms with van der Waals surface area (Å²) in [6.07, 6.45) is 3.69. The van der Waals surface area contributed by atoms with Crippen molar-refractivity contribution in [1.29, 1.82) is 0 Å². The number of hydrogen-bond donors (Lipinski definition) is 0. The van der Waals surface area contributed by atoms with E-state index in [0.29, 0.717) is 0 Å². The van der Waals surface area contributed by atoms with Gasteiger partial charge >= 0.3 is 0 Å². The van der Waals surface area contributed by atoms with Gasteiger partial charge in [-0.25, -0.2) is 0 Å². The van der Waals surface area contributed by atoms with E-state index in [9.17, 15) is 0 Å². The van der Waals surface area contributed by atoms with Crippen molar-refractivity contribution in [3.63, 3.8) is 0 Å². The van der Waals surface area contributed by atoms with Gasteiger partial charge in [0.05, 0.1) is 6.61 Å². The summed E-state index contributed by atoms with van der Waals surface area (Å²) in [6.45, 7) is 7.49. The third-order valence-electron chi connectivity index (χ3n) is 3.20. The smallest absolute Gasteiger partial charge is 0.192 e. The van der Waals surface area contributed by atoms with E-state index in [1.54, 1.807) is 6.20 Å². The third kappa shape index (κ3) is 3.43. The summed E-state index contributed by atoms with van der Waals surface area (Å²) in [5, 5.41) is 0. The lowest BCUT2D eigenvalue weighted by Gasteiger charge is -2.27. The quantitative estimate of drug-likeness (QED) is 0.687. The lowest BCUT2D eigenvalue weighted by atomic mass is 10.3. The molecular formula is C12H21NOSi. The first-order chi connectivity index (χ1) is 7.26. The number of aromatic nitrogens is 1. The zero-order chi connectivity index (χ0) is 11.1. The molecule has 0 saturated carbocycles. The van der Waals surface area contributed by atoms with Crippen molar-refractivity contribution in [1.82, 2.24) is 4.98 Å². The summed E-state index contributed by atoms with van der Waals surface area (Å²) in [5.74, 6) is 0. The van der Waals surface area contributed by atoms with Gasteiger partial charge in [-0.15, -0.1) is 0 Å². The van der Waals surface area contributed by atoms with Gasteiger partial charge < -0.3 is 4.43 Å². The minimum atomic E-state index is -1.43. The van der Waals surface area contributed by atoms with Crippen LogP contribution in [0, 0.1) is 0 Å². The van der Waals surface area contributed by atoms with Crippen molar-refractivity contribution in [3.8, 4) is 0 Å². The molecule has 0 radical (unpaired) electrons. The van der Waals surface area contributed by atoms with E-state index >= 15 is 0 Å². The molecule has 0 bridgehead atoms. The molecule has 0 amide bonds. The Hall–Kier alpha value is -0.673. The van der Waals surface area contributed by atoms with Crippen LogP contribution in [0.15, 0.2) is 24.5 Å². The van der Waals surface area contributed by atoms with Crippen LogP contribution in [0.5, 0.6) is 0 Å². The number of hydrogen-bond acceptors (Lipinski definition) is 2. The Morgan fingerprint density at radius 2 is 1.87 bits per heavy atom. The Morgan fingerprint density at radius 3 is 2.33 bits per heavy atom. The van der Waals surface area contributed by atoms with Gasteiger partial charge in [0, 0.05) is 12.4 Å². The van der Waals surface area contributed by atoms with Gasteiger partial charge in [0.1, 0.15) is 0 Å². The van der Waals surface area contributed by atoms with Crippen LogP contribution in [0.2, 0.25) is 18.1 Å². The fourth-order valence-electron chi connectivity index (χ4n) is 1.78. The molecule has 0 unspecified atom stereocenters. The van der Waals surface area contributed by atoms with Crippen molar-refractivity contribution in [3.05, 3.63) is 30.1 Å². The monoisotopic (exact) mass is 223 g/mol. The van der Waals surface area contributed by atoms with Crippen LogP contribution >= 0.6 is 0 Å². The molecular weight excluding hydrogens is 202 g/mol. The van der Waals surface area contributed by atoms with Crippen LogP contribution in [-0.4, -0.2) is 13.3 Å². The molecule has 0 N–H and O–H groups in total. The molecule has 0 aliphatic carbocycles. The molecule has 84 valence electrons. The van der Waals surface area contributed by atoms with E-state index in [2.05, 4.69) is 31.8 Å². The molecule has 1 heterocycles. The standard InChI is InChI=1S/C12H21NOSi/c1-4-15(5-2,6-3)14-11-12-8-7-9-13-10-12/h7-10H,4-6,11H2,1-3H3. The van der Waals surface area contributed by atoms with Gasteiger partial charge in [-0.2, -0.15) is 0 Å². The van der Waals surface area contributed by atoms with E-state index in [0.717, 1.165) is 6.61 Å². The maximum atomic E-state index is 6.16. The van der Waals surface area contributed by atoms with Crippen molar-refractivity contribution in [2.75, 3.05) is 0 Å². The maximum Gasteiger partial charge on any atom is 0.192 e. The van der Waals surface area contributed by atoms with Crippen LogP contribution in [0.25, 0.3) is 0 Å². The highest BCUT2D eigenvalue weighted by atomic mass is 28.4. The Bertz CT molecular complexity index is 264. The first-order valence-corrected chi connectivity index (χ1v) is 8.32. The van der Waals surface area contributed by atoms with Crippen LogP contribution in [-0.2, 0) is 11.0 Å². The van der Waals surface area contributed by atoms with Gasteiger partial charge in [0.25, 0.3) is 0 Å². The van der Waals surface area contributed by atoms with Crippen molar-refractivity contribution >= 4 is 8.32 Å². The van der Waals surface area contributed by atoms with Crippen LogP contribution in [0.4, 0.5) is 0 Å². The van der Waals surface area contributed by atoms with E-state index in [4.69, 9.17) is 4.43 Å². The average Bonchev–Trinajstić information content (AvgIpc) is 2.33. The Labute approximate surface area is 93.8 Å². The van der Waals surface area contributed by atoms with Gasteiger partial charge in [-0.1, -0.05) is 26.8 Å². The first-order valence-electron chi connectivity index (χ1n) is 5.79. The second-order valence-electron chi connectivity index (χ2n) is 3.89. The van der Waals surface area contributed by atoms with E-state index in [-0.39, 0.29) is 0 Å². The Morgan fingerprint density at radius 1 is 1.20 bits per heavy atom. The molecule has 15 heavy (non-hydrogen) atoms. The largest absolute Gasteiger partial charge is 0.413 e. The van der Waals surface area contributed by atoms with Gasteiger partial charge in [-0.05, 0) is 29.8 Å². The lowest BCUT2D eigenvalue weighted by molar-refractivity contribution is 0.287. The summed E-state index contributed by atoms with van der Waals surface area (Å²) < 4.78 is 6.16. The maximum absolute atomic E-state index is 6.16. The molecule has 0 atom stereocenters. The molecule has 0 aliphatic heterocycles. The predicted molar refractivity (Wildman–Crippen MR) is 66.2 cm³/mol. The summed E-state index contributed by atoms with van der Waals surface area (Å²) in [4.78, 5) is 4.10. The molecule has 0 spiro atoms. The van der Waals surface area contributed by atoms with Gasteiger partial charge in [0.15, 0.2) is 8.32 Å². The topological polar surface area (TPSA) is 22.1 Å². The summed E-state index contributed by atoms with van der Waals surface area (Å²) in [5.41, 5.74) is 1.18. The number of pyridine rings is 1. The minimum Gasteiger partial charge on any atom is -0.413 e. The van der Waals surface area contributed by atoms with Crippen LogP contribution in [0.3, 0.4) is 0 Å². The van der Waals surface area contributed by atoms with Crippen LogP contribution in [0.1, 0.15) is 26.3 Å². The van der Waals surface area contributed by atoms with Gasteiger partial charge in [-0.3, -0.25) is 4.98 Å². The molecule has 0 fully saturated rings. The van der Waals surface area contributed by atoms with E-state index in [1.165, 1.54) is 23.7 Å². The molecule has 1 aromatic heterocycles. The van der Waals surface area contributed by atoms with Crippen molar-refractivity contribution < 1.29 is 4.43 Å². The minimum absolute atomic E-state index is 0.732. The molecule has 2 nitrogen and oxygen atoms in total. The molecule has 3 heteroatoms. The number of nitrogens with zero attached hydrogens (tertiary/aromatic N) is 1. The predicted octanol–water partition coefficient (Wildman–Crippen LogP) is 3.60. The highest BCUT2D eigenvalue weighted by molar-refractivity contribution is 6.73. The molecule has 1 rings (SSSR count). The second kappa shape index (κ2) is 6.03. The Balaban J connectivity index is 2.54. The summed E-state index contributed by atoms with van der Waals surface area (Å²) in [7, 11) is -1.43. The molecule has 1 aromatic rings. The highest BCUT2D eigenvalue weighted by Crippen LogP contribution is 2.22. The Kier molecular flexibility index (Phi) is 4.98. The molecule has 0 aliphatic rings. The van der Waals surface area contributed by atoms with Crippen LogP contribution < -0.4 is 0 Å². The molecule has 0 aromatic carbocycles. The fraction of sp³-hybridized carbons (Fsp3) is 0.583. The summed E-state index contributed by atoms with van der Waals surface area (Å²) >= 11 is 0. The van der Waals surface area contributed by atoms with E-state index in [1.807, 2.05) is 12.3 Å². The normalized spacial score (nSPS) is 11.7. The molecule has 0 saturated heterocycles. The lowest BCUT2D eigenvalue weighted by Crippen LogP contribution is -2.35. The third-order valence-corrected chi connectivity index (χ3v) is 7.82. The first kappa shape index (κ1) is 12.4. The second-order valence-corrected chi connectivity index (χ2v) is 8.67. The zero-order valence-electron chi connectivity index (χ0n) is 9.99. The zero-order valence-corrected chi connectivity index (χ0v) is 11.0. The summed E-state index contributed by atoms with van der Waals surface area (Å²) in [6, 6.07) is 7.67. The van der Waals surface area contributed by atoms with Crippen molar-refractivity contribution in [2.45, 2.75) is 45.5 Å². The fourth-order valence-corrected chi connectivity index (χ4v) is 4.36. The average molecular weight is 223 g/mol. The number of rotatable bonds is 6. The van der Waals surface area contributed by atoms with Gasteiger partial charge in [0.2, 0.25) is 0 Å². The van der Waals surface area contributed by atoms with Crippen molar-refractivity contribution in [2.24, 2.45) is 0 Å². The highest BCUT2D eigenvalue weighted by Gasteiger charge is 2.28. The van der Waals surface area contributed by atoms with E-state index < -0.39 is 8.32 Å². The SMILES string of the molecule is CC[Si](CC)(CC)OCc1cccnc1.